The first kappa shape index (κ1) is 23.0. The average Bonchev–Trinajstić information content (AvgIpc) is 3.30. The zero-order valence-corrected chi connectivity index (χ0v) is 19.8. The van der Waals surface area contributed by atoms with E-state index in [0.29, 0.717) is 16.9 Å². The van der Waals surface area contributed by atoms with Gasteiger partial charge in [0.2, 0.25) is 0 Å². The number of nitrogens with zero attached hydrogens (tertiary/aromatic N) is 1. The molecule has 0 spiro atoms. The van der Waals surface area contributed by atoms with Gasteiger partial charge in [0.15, 0.2) is 0 Å². The Morgan fingerprint density at radius 1 is 0.879 bits per heavy atom. The maximum atomic E-state index is 12.8. The SMILES string of the molecule is Cc1cccc(C)c1NS(=O)(=O)c1ccc(NC(=O)c2ccc(CN3CCCC3)cc2)cc1. The van der Waals surface area contributed by atoms with Crippen LogP contribution in [0.25, 0.3) is 0 Å². The molecule has 6 nitrogen and oxygen atoms in total. The Morgan fingerprint density at radius 3 is 2.09 bits per heavy atom. The molecule has 1 aliphatic heterocycles. The molecule has 172 valence electrons. The number of sulfonamides is 1. The van der Waals surface area contributed by atoms with E-state index in [2.05, 4.69) is 14.9 Å². The predicted octanol–water partition coefficient (Wildman–Crippen LogP) is 4.95. The van der Waals surface area contributed by atoms with E-state index in [1.807, 2.05) is 56.3 Å². The molecule has 33 heavy (non-hydrogen) atoms. The van der Waals surface area contributed by atoms with E-state index in [4.69, 9.17) is 0 Å². The predicted molar refractivity (Wildman–Crippen MR) is 132 cm³/mol. The molecule has 0 bridgehead atoms. The summed E-state index contributed by atoms with van der Waals surface area (Å²) < 4.78 is 28.3. The maximum Gasteiger partial charge on any atom is 0.261 e. The molecule has 3 aromatic carbocycles. The van der Waals surface area contributed by atoms with Crippen LogP contribution in [0.1, 0.15) is 39.9 Å². The van der Waals surface area contributed by atoms with E-state index < -0.39 is 10.0 Å². The largest absolute Gasteiger partial charge is 0.322 e. The first-order valence-electron chi connectivity index (χ1n) is 11.1. The number of likely N-dealkylation sites (tertiary alicyclic amines) is 1. The van der Waals surface area contributed by atoms with Crippen LogP contribution in [0.2, 0.25) is 0 Å². The van der Waals surface area contributed by atoms with Gasteiger partial charge in [-0.05, 0) is 92.9 Å². The van der Waals surface area contributed by atoms with Crippen molar-refractivity contribution in [2.75, 3.05) is 23.1 Å². The molecular weight excluding hydrogens is 434 g/mol. The number of hydrogen-bond donors (Lipinski definition) is 2. The summed E-state index contributed by atoms with van der Waals surface area (Å²) in [5.41, 5.74) is 4.59. The molecule has 1 heterocycles. The van der Waals surface area contributed by atoms with Crippen molar-refractivity contribution in [3.8, 4) is 0 Å². The van der Waals surface area contributed by atoms with Gasteiger partial charge >= 0.3 is 0 Å². The van der Waals surface area contributed by atoms with Gasteiger partial charge < -0.3 is 5.32 Å². The van der Waals surface area contributed by atoms with E-state index in [0.717, 1.165) is 30.8 Å². The van der Waals surface area contributed by atoms with Crippen LogP contribution in [-0.2, 0) is 16.6 Å². The maximum absolute atomic E-state index is 12.8. The quantitative estimate of drug-likeness (QED) is 0.520. The second-order valence-corrected chi connectivity index (χ2v) is 10.2. The van der Waals surface area contributed by atoms with Gasteiger partial charge in [-0.1, -0.05) is 30.3 Å². The molecule has 0 radical (unpaired) electrons. The van der Waals surface area contributed by atoms with Crippen molar-refractivity contribution >= 4 is 27.3 Å². The van der Waals surface area contributed by atoms with E-state index in [-0.39, 0.29) is 10.8 Å². The zero-order chi connectivity index (χ0) is 23.4. The van der Waals surface area contributed by atoms with Crippen LogP contribution < -0.4 is 10.0 Å². The molecule has 1 fully saturated rings. The summed E-state index contributed by atoms with van der Waals surface area (Å²) in [7, 11) is -3.74. The molecule has 0 unspecified atom stereocenters. The molecule has 1 saturated heterocycles. The highest BCUT2D eigenvalue weighted by Gasteiger charge is 2.17. The van der Waals surface area contributed by atoms with Crippen molar-refractivity contribution in [1.82, 2.24) is 4.90 Å². The molecule has 0 saturated carbocycles. The van der Waals surface area contributed by atoms with E-state index in [9.17, 15) is 13.2 Å². The highest BCUT2D eigenvalue weighted by atomic mass is 32.2. The number of amides is 1. The normalized spacial score (nSPS) is 14.2. The van der Waals surface area contributed by atoms with Crippen molar-refractivity contribution in [3.63, 3.8) is 0 Å². The molecular formula is C26H29N3O3S. The number of nitrogens with one attached hydrogen (secondary N) is 2. The second-order valence-electron chi connectivity index (χ2n) is 8.53. The lowest BCUT2D eigenvalue weighted by Crippen LogP contribution is -2.18. The Bertz CT molecular complexity index is 1210. The number of hydrogen-bond acceptors (Lipinski definition) is 4. The number of rotatable bonds is 7. The van der Waals surface area contributed by atoms with Gasteiger partial charge in [-0.25, -0.2) is 8.42 Å². The number of aryl methyl sites for hydroxylation is 2. The third-order valence-corrected chi connectivity index (χ3v) is 7.33. The Hall–Kier alpha value is -3.16. The van der Waals surface area contributed by atoms with E-state index in [1.54, 1.807) is 12.1 Å². The van der Waals surface area contributed by atoms with Crippen LogP contribution in [0.5, 0.6) is 0 Å². The molecule has 3 aromatic rings. The number of para-hydroxylation sites is 1. The molecule has 1 aliphatic rings. The van der Waals surface area contributed by atoms with Crippen LogP contribution >= 0.6 is 0 Å². The summed E-state index contributed by atoms with van der Waals surface area (Å²) in [5, 5.41) is 2.83. The lowest BCUT2D eigenvalue weighted by molar-refractivity contribution is 0.102. The standard InChI is InChI=1S/C26H29N3O3S/c1-19-6-5-7-20(2)25(19)28-33(31,32)24-14-12-23(13-15-24)27-26(30)22-10-8-21(9-11-22)18-29-16-3-4-17-29/h5-15,28H,3-4,16-18H2,1-2H3,(H,27,30). The zero-order valence-electron chi connectivity index (χ0n) is 19.0. The molecule has 0 atom stereocenters. The van der Waals surface area contributed by atoms with E-state index in [1.165, 1.54) is 30.5 Å². The summed E-state index contributed by atoms with van der Waals surface area (Å²) in [5.74, 6) is -0.230. The summed E-state index contributed by atoms with van der Waals surface area (Å²) >= 11 is 0. The van der Waals surface area contributed by atoms with Crippen LogP contribution in [0.15, 0.2) is 71.6 Å². The lowest BCUT2D eigenvalue weighted by Gasteiger charge is -2.15. The summed E-state index contributed by atoms with van der Waals surface area (Å²) in [6.45, 7) is 6.90. The molecule has 1 amide bonds. The van der Waals surface area contributed by atoms with Gasteiger partial charge in [0.25, 0.3) is 15.9 Å². The first-order chi connectivity index (χ1) is 15.8. The molecule has 4 rings (SSSR count). The fourth-order valence-corrected chi connectivity index (χ4v) is 5.25. The van der Waals surface area contributed by atoms with Crippen LogP contribution in [0.3, 0.4) is 0 Å². The minimum atomic E-state index is -3.74. The molecule has 2 N–H and O–H groups in total. The van der Waals surface area contributed by atoms with Gasteiger partial charge in [0.05, 0.1) is 10.6 Å². The van der Waals surface area contributed by atoms with Crippen molar-refractivity contribution in [3.05, 3.63) is 89.0 Å². The second kappa shape index (κ2) is 9.77. The summed E-state index contributed by atoms with van der Waals surface area (Å²) in [6, 6.07) is 19.4. The van der Waals surface area contributed by atoms with Gasteiger partial charge in [-0.3, -0.25) is 14.4 Å². The van der Waals surface area contributed by atoms with Gasteiger partial charge in [-0.15, -0.1) is 0 Å². The van der Waals surface area contributed by atoms with Crippen LogP contribution in [0, 0.1) is 13.8 Å². The Kier molecular flexibility index (Phi) is 6.81. The third kappa shape index (κ3) is 5.61. The van der Waals surface area contributed by atoms with Crippen LogP contribution in [-0.4, -0.2) is 32.3 Å². The van der Waals surface area contributed by atoms with Gasteiger partial charge in [0.1, 0.15) is 0 Å². The average molecular weight is 464 g/mol. The minimum absolute atomic E-state index is 0.134. The van der Waals surface area contributed by atoms with Crippen LogP contribution in [0.4, 0.5) is 11.4 Å². The fourth-order valence-electron chi connectivity index (χ4n) is 4.05. The number of benzene rings is 3. The number of anilines is 2. The van der Waals surface area contributed by atoms with Gasteiger partial charge in [0, 0.05) is 17.8 Å². The van der Waals surface area contributed by atoms with Crippen molar-refractivity contribution in [2.24, 2.45) is 0 Å². The molecule has 0 aliphatic carbocycles. The summed E-state index contributed by atoms with van der Waals surface area (Å²) in [6.07, 6.45) is 2.50. The first-order valence-corrected chi connectivity index (χ1v) is 12.6. The summed E-state index contributed by atoms with van der Waals surface area (Å²) in [4.78, 5) is 15.2. The Labute approximate surface area is 195 Å². The van der Waals surface area contributed by atoms with E-state index >= 15 is 0 Å². The number of carbonyl (C=O) groups excluding carboxylic acids is 1. The Morgan fingerprint density at radius 2 is 1.48 bits per heavy atom. The monoisotopic (exact) mass is 463 g/mol. The van der Waals surface area contributed by atoms with Crippen molar-refractivity contribution in [2.45, 2.75) is 38.1 Å². The highest BCUT2D eigenvalue weighted by Crippen LogP contribution is 2.24. The van der Waals surface area contributed by atoms with Crippen molar-refractivity contribution in [1.29, 1.82) is 0 Å². The molecule has 7 heteroatoms. The smallest absolute Gasteiger partial charge is 0.261 e. The topological polar surface area (TPSA) is 78.5 Å². The lowest BCUT2D eigenvalue weighted by atomic mass is 10.1. The minimum Gasteiger partial charge on any atom is -0.322 e. The fraction of sp³-hybridized carbons (Fsp3) is 0.269. The van der Waals surface area contributed by atoms with Crippen molar-refractivity contribution < 1.29 is 13.2 Å². The van der Waals surface area contributed by atoms with Gasteiger partial charge in [-0.2, -0.15) is 0 Å². The number of carbonyl (C=O) groups is 1. The Balaban J connectivity index is 1.40. The third-order valence-electron chi connectivity index (χ3n) is 5.96. The molecule has 0 aromatic heterocycles. The highest BCUT2D eigenvalue weighted by molar-refractivity contribution is 7.92.